The Hall–Kier alpha value is -1.99. The highest BCUT2D eigenvalue weighted by Crippen LogP contribution is 2.36. The molecular weight excluding hydrogens is 361 g/mol. The second-order valence-corrected chi connectivity index (χ2v) is 8.43. The first-order valence-corrected chi connectivity index (χ1v) is 10.1. The molecule has 1 aromatic rings. The lowest BCUT2D eigenvalue weighted by Crippen LogP contribution is -2.61. The molecule has 2 saturated heterocycles. The second kappa shape index (κ2) is 7.79. The van der Waals surface area contributed by atoms with Crippen LogP contribution in [0, 0.1) is 11.7 Å². The van der Waals surface area contributed by atoms with Gasteiger partial charge in [-0.3, -0.25) is 9.59 Å². The molecule has 0 unspecified atom stereocenters. The van der Waals surface area contributed by atoms with Crippen LogP contribution in [0.4, 0.5) is 4.39 Å². The minimum Gasteiger partial charge on any atom is -0.359 e. The summed E-state index contributed by atoms with van der Waals surface area (Å²) in [5.41, 5.74) is 0.478. The van der Waals surface area contributed by atoms with E-state index in [9.17, 15) is 14.0 Å². The van der Waals surface area contributed by atoms with Crippen LogP contribution in [0.3, 0.4) is 0 Å². The van der Waals surface area contributed by atoms with Crippen molar-refractivity contribution in [3.63, 3.8) is 0 Å². The van der Waals surface area contributed by atoms with Gasteiger partial charge in [0.15, 0.2) is 0 Å². The summed E-state index contributed by atoms with van der Waals surface area (Å²) in [7, 11) is 2.01. The van der Waals surface area contributed by atoms with E-state index in [1.807, 2.05) is 11.9 Å². The first kappa shape index (κ1) is 19.3. The maximum Gasteiger partial charge on any atom is 0.250 e. The van der Waals surface area contributed by atoms with Crippen LogP contribution in [0.25, 0.3) is 0 Å². The maximum atomic E-state index is 13.0. The van der Waals surface area contributed by atoms with Crippen molar-refractivity contribution >= 4 is 11.8 Å². The average Bonchev–Trinajstić information content (AvgIpc) is 3.52. The van der Waals surface area contributed by atoms with E-state index in [4.69, 9.17) is 4.74 Å². The first-order chi connectivity index (χ1) is 13.4. The van der Waals surface area contributed by atoms with E-state index in [1.54, 1.807) is 12.1 Å². The predicted octanol–water partition coefficient (Wildman–Crippen LogP) is 1.54. The minimum atomic E-state index is -0.537. The predicted molar refractivity (Wildman–Crippen MR) is 102 cm³/mol. The van der Waals surface area contributed by atoms with Gasteiger partial charge < -0.3 is 19.9 Å². The number of nitrogens with one attached hydrogen (secondary N) is 1. The standard InChI is InChI=1S/C21H28FN3O3/c1-24-13-18(19(26)23-12-15-2-6-17(22)7-3-15)28-21(14-24)8-10-25(11-9-21)20(27)16-4-5-16/h2-3,6-7,16,18H,4-5,8-14H2,1H3,(H,23,26)/t18-/m1/s1. The van der Waals surface area contributed by atoms with Crippen LogP contribution in [0.5, 0.6) is 0 Å². The third-order valence-electron chi connectivity index (χ3n) is 6.01. The van der Waals surface area contributed by atoms with E-state index in [0.29, 0.717) is 26.2 Å². The minimum absolute atomic E-state index is 0.147. The Bertz CT molecular complexity index is 727. The average molecular weight is 389 g/mol. The monoisotopic (exact) mass is 389 g/mol. The Morgan fingerprint density at radius 3 is 2.54 bits per heavy atom. The quantitative estimate of drug-likeness (QED) is 0.849. The van der Waals surface area contributed by atoms with Gasteiger partial charge in [-0.15, -0.1) is 0 Å². The summed E-state index contributed by atoms with van der Waals surface area (Å²) in [6.07, 6.45) is 3.03. The molecule has 6 nitrogen and oxygen atoms in total. The summed E-state index contributed by atoms with van der Waals surface area (Å²) in [4.78, 5) is 29.1. The van der Waals surface area contributed by atoms with E-state index in [-0.39, 0.29) is 29.2 Å². The molecule has 1 aliphatic carbocycles. The molecule has 0 radical (unpaired) electrons. The molecule has 1 N–H and O–H groups in total. The van der Waals surface area contributed by atoms with E-state index < -0.39 is 6.10 Å². The fourth-order valence-corrected chi connectivity index (χ4v) is 4.26. The molecule has 0 bridgehead atoms. The van der Waals surface area contributed by atoms with Crippen molar-refractivity contribution in [3.05, 3.63) is 35.6 Å². The number of rotatable bonds is 4. The van der Waals surface area contributed by atoms with Crippen molar-refractivity contribution in [2.24, 2.45) is 5.92 Å². The highest BCUT2D eigenvalue weighted by molar-refractivity contribution is 5.81. The number of hydrogen-bond acceptors (Lipinski definition) is 4. The summed E-state index contributed by atoms with van der Waals surface area (Å²) in [6, 6.07) is 6.10. The molecule has 0 aromatic heterocycles. The summed E-state index contributed by atoms with van der Waals surface area (Å²) in [5.74, 6) is 0.0918. The van der Waals surface area contributed by atoms with Crippen molar-refractivity contribution in [3.8, 4) is 0 Å². The molecule has 1 atom stereocenters. The van der Waals surface area contributed by atoms with Crippen LogP contribution in [0.2, 0.25) is 0 Å². The molecule has 2 amide bonds. The molecule has 3 fully saturated rings. The number of carbonyl (C=O) groups excluding carboxylic acids is 2. The van der Waals surface area contributed by atoms with Gasteiger partial charge in [-0.25, -0.2) is 4.39 Å². The van der Waals surface area contributed by atoms with Gasteiger partial charge in [-0.2, -0.15) is 0 Å². The van der Waals surface area contributed by atoms with Crippen molar-refractivity contribution in [1.29, 1.82) is 0 Å². The number of benzene rings is 1. The van der Waals surface area contributed by atoms with Crippen molar-refractivity contribution in [2.75, 3.05) is 33.2 Å². The number of ether oxygens (including phenoxy) is 1. The Labute approximate surface area is 165 Å². The number of amides is 2. The zero-order valence-corrected chi connectivity index (χ0v) is 16.3. The molecule has 3 aliphatic rings. The van der Waals surface area contributed by atoms with Crippen LogP contribution >= 0.6 is 0 Å². The van der Waals surface area contributed by atoms with Gasteiger partial charge >= 0.3 is 0 Å². The molecule has 152 valence electrons. The normalized spacial score (nSPS) is 24.9. The van der Waals surface area contributed by atoms with Crippen molar-refractivity contribution in [1.82, 2.24) is 15.1 Å². The van der Waals surface area contributed by atoms with Crippen LogP contribution in [-0.4, -0.2) is 66.5 Å². The van der Waals surface area contributed by atoms with E-state index in [0.717, 1.165) is 37.8 Å². The zero-order chi connectivity index (χ0) is 19.7. The van der Waals surface area contributed by atoms with Crippen molar-refractivity contribution in [2.45, 2.75) is 43.9 Å². The van der Waals surface area contributed by atoms with Crippen LogP contribution in [0.15, 0.2) is 24.3 Å². The van der Waals surface area contributed by atoms with Gasteiger partial charge in [0.2, 0.25) is 5.91 Å². The number of likely N-dealkylation sites (tertiary alicyclic amines) is 1. The van der Waals surface area contributed by atoms with Gasteiger partial charge in [-0.05, 0) is 50.4 Å². The molecule has 1 aromatic carbocycles. The van der Waals surface area contributed by atoms with Crippen molar-refractivity contribution < 1.29 is 18.7 Å². The Kier molecular flexibility index (Phi) is 5.38. The molecule has 2 aliphatic heterocycles. The lowest BCUT2D eigenvalue weighted by Gasteiger charge is -2.48. The van der Waals surface area contributed by atoms with E-state index >= 15 is 0 Å². The molecule has 7 heteroatoms. The van der Waals surface area contributed by atoms with Gasteiger partial charge in [0.05, 0.1) is 5.60 Å². The summed E-state index contributed by atoms with van der Waals surface area (Å²) >= 11 is 0. The van der Waals surface area contributed by atoms with E-state index in [1.165, 1.54) is 12.1 Å². The third-order valence-corrected chi connectivity index (χ3v) is 6.01. The summed E-state index contributed by atoms with van der Waals surface area (Å²) < 4.78 is 19.3. The van der Waals surface area contributed by atoms with Gasteiger partial charge in [-0.1, -0.05) is 12.1 Å². The number of carbonyl (C=O) groups is 2. The SMILES string of the molecule is CN1C[C@H](C(=O)NCc2ccc(F)cc2)OC2(CCN(C(=O)C3CC3)CC2)C1. The number of halogens is 1. The van der Waals surface area contributed by atoms with Gasteiger partial charge in [0.25, 0.3) is 5.91 Å². The zero-order valence-electron chi connectivity index (χ0n) is 16.3. The summed E-state index contributed by atoms with van der Waals surface area (Å²) in [6.45, 7) is 3.07. The number of hydrogen-bond donors (Lipinski definition) is 1. The maximum absolute atomic E-state index is 13.0. The molecule has 2 heterocycles. The third kappa shape index (κ3) is 4.36. The summed E-state index contributed by atoms with van der Waals surface area (Å²) in [5, 5.41) is 2.90. The number of morpholine rings is 1. The first-order valence-electron chi connectivity index (χ1n) is 10.1. The topological polar surface area (TPSA) is 61.9 Å². The lowest BCUT2D eigenvalue weighted by atomic mass is 9.88. The Balaban J connectivity index is 1.33. The van der Waals surface area contributed by atoms with Gasteiger partial charge in [0.1, 0.15) is 11.9 Å². The fraction of sp³-hybridized carbons (Fsp3) is 0.619. The molecular formula is C21H28FN3O3. The smallest absolute Gasteiger partial charge is 0.250 e. The molecule has 1 spiro atoms. The molecule has 1 saturated carbocycles. The Morgan fingerprint density at radius 1 is 1.21 bits per heavy atom. The Morgan fingerprint density at radius 2 is 1.89 bits per heavy atom. The van der Waals surface area contributed by atoms with E-state index in [2.05, 4.69) is 10.2 Å². The largest absolute Gasteiger partial charge is 0.359 e. The molecule has 4 rings (SSSR count). The van der Waals surface area contributed by atoms with Crippen LogP contribution in [-0.2, 0) is 20.9 Å². The highest BCUT2D eigenvalue weighted by Gasteiger charge is 2.45. The van der Waals surface area contributed by atoms with Crippen LogP contribution in [0.1, 0.15) is 31.2 Å². The number of nitrogens with zero attached hydrogens (tertiary/aromatic N) is 2. The number of likely N-dealkylation sites (N-methyl/N-ethyl adjacent to an activating group) is 1. The fourth-order valence-electron chi connectivity index (χ4n) is 4.26. The van der Waals surface area contributed by atoms with Crippen LogP contribution < -0.4 is 5.32 Å². The van der Waals surface area contributed by atoms with Gasteiger partial charge in [0, 0.05) is 38.6 Å². The number of piperidine rings is 1. The lowest BCUT2D eigenvalue weighted by molar-refractivity contribution is -0.183. The molecule has 28 heavy (non-hydrogen) atoms. The second-order valence-electron chi connectivity index (χ2n) is 8.43. The highest BCUT2D eigenvalue weighted by atomic mass is 19.1.